The fourth-order valence-electron chi connectivity index (χ4n) is 2.60. The summed E-state index contributed by atoms with van der Waals surface area (Å²) >= 11 is 5.92. The zero-order chi connectivity index (χ0) is 14.5. The molecule has 1 amide bonds. The van der Waals surface area contributed by atoms with Crippen LogP contribution in [0.25, 0.3) is 0 Å². The van der Waals surface area contributed by atoms with E-state index >= 15 is 0 Å². The van der Waals surface area contributed by atoms with Crippen molar-refractivity contribution in [2.24, 2.45) is 5.92 Å². The van der Waals surface area contributed by atoms with Crippen LogP contribution in [0.3, 0.4) is 0 Å². The van der Waals surface area contributed by atoms with Crippen molar-refractivity contribution < 1.29 is 4.79 Å². The van der Waals surface area contributed by atoms with Gasteiger partial charge in [0, 0.05) is 24.7 Å². The molecule has 1 aliphatic heterocycles. The summed E-state index contributed by atoms with van der Waals surface area (Å²) in [5.41, 5.74) is 1.43. The Morgan fingerprint density at radius 1 is 1.60 bits per heavy atom. The number of benzene rings is 1. The van der Waals surface area contributed by atoms with Crippen LogP contribution in [-0.4, -0.2) is 25.5 Å². The SMILES string of the molecule is CCNC(=O)[C@@H]1CCCN(c2ccc(Cl)cc2C#N)C1. The number of hydrogen-bond donors (Lipinski definition) is 1. The fraction of sp³-hybridized carbons (Fsp3) is 0.467. The summed E-state index contributed by atoms with van der Waals surface area (Å²) in [5.74, 6) is 0.0931. The van der Waals surface area contributed by atoms with Crippen LogP contribution in [0, 0.1) is 17.2 Å². The van der Waals surface area contributed by atoms with Crippen LogP contribution < -0.4 is 10.2 Å². The van der Waals surface area contributed by atoms with Gasteiger partial charge >= 0.3 is 0 Å². The maximum Gasteiger partial charge on any atom is 0.224 e. The Bertz CT molecular complexity index is 538. The lowest BCUT2D eigenvalue weighted by molar-refractivity contribution is -0.125. The predicted octanol–water partition coefficient (Wildman–Crippen LogP) is 2.56. The minimum atomic E-state index is -0.00841. The van der Waals surface area contributed by atoms with Gasteiger partial charge in [0.05, 0.1) is 17.2 Å². The molecule has 106 valence electrons. The Balaban J connectivity index is 2.17. The van der Waals surface area contributed by atoms with E-state index < -0.39 is 0 Å². The normalized spacial score (nSPS) is 18.4. The van der Waals surface area contributed by atoms with Gasteiger partial charge in [-0.25, -0.2) is 0 Å². The molecule has 1 atom stereocenters. The molecule has 20 heavy (non-hydrogen) atoms. The molecule has 0 saturated carbocycles. The Labute approximate surface area is 124 Å². The summed E-state index contributed by atoms with van der Waals surface area (Å²) in [7, 11) is 0. The third-order valence-corrected chi connectivity index (χ3v) is 3.80. The van der Waals surface area contributed by atoms with Crippen LogP contribution in [0.4, 0.5) is 5.69 Å². The van der Waals surface area contributed by atoms with Gasteiger partial charge < -0.3 is 10.2 Å². The van der Waals surface area contributed by atoms with Crippen molar-refractivity contribution in [3.63, 3.8) is 0 Å². The number of carbonyl (C=O) groups excluding carboxylic acids is 1. The monoisotopic (exact) mass is 291 g/mol. The number of hydrogen-bond acceptors (Lipinski definition) is 3. The highest BCUT2D eigenvalue weighted by molar-refractivity contribution is 6.30. The summed E-state index contributed by atoms with van der Waals surface area (Å²) < 4.78 is 0. The molecule has 4 nitrogen and oxygen atoms in total. The Hall–Kier alpha value is -1.73. The number of nitriles is 1. The highest BCUT2D eigenvalue weighted by Gasteiger charge is 2.26. The zero-order valence-electron chi connectivity index (χ0n) is 11.5. The quantitative estimate of drug-likeness (QED) is 0.931. The van der Waals surface area contributed by atoms with E-state index in [-0.39, 0.29) is 11.8 Å². The first-order chi connectivity index (χ1) is 9.65. The summed E-state index contributed by atoms with van der Waals surface area (Å²) in [4.78, 5) is 14.1. The Morgan fingerprint density at radius 3 is 3.10 bits per heavy atom. The van der Waals surface area contributed by atoms with Crippen molar-refractivity contribution in [3.05, 3.63) is 28.8 Å². The average Bonchev–Trinajstić information content (AvgIpc) is 2.47. The molecule has 2 rings (SSSR count). The van der Waals surface area contributed by atoms with Crippen LogP contribution in [0.15, 0.2) is 18.2 Å². The highest BCUT2D eigenvalue weighted by Crippen LogP contribution is 2.28. The van der Waals surface area contributed by atoms with Crippen LogP contribution in [0.2, 0.25) is 5.02 Å². The first-order valence-electron chi connectivity index (χ1n) is 6.88. The maximum atomic E-state index is 12.0. The van der Waals surface area contributed by atoms with Gasteiger partial charge in [-0.3, -0.25) is 4.79 Å². The molecule has 1 heterocycles. The van der Waals surface area contributed by atoms with Crippen molar-refractivity contribution in [1.29, 1.82) is 5.26 Å². The van der Waals surface area contributed by atoms with E-state index in [9.17, 15) is 10.1 Å². The van der Waals surface area contributed by atoms with E-state index in [1.54, 1.807) is 12.1 Å². The molecule has 1 saturated heterocycles. The molecule has 5 heteroatoms. The van der Waals surface area contributed by atoms with Crippen LogP contribution in [0.5, 0.6) is 0 Å². The molecule has 1 aromatic carbocycles. The summed E-state index contributed by atoms with van der Waals surface area (Å²) in [6.07, 6.45) is 1.85. The van der Waals surface area contributed by atoms with Crippen molar-refractivity contribution in [1.82, 2.24) is 5.32 Å². The Kier molecular flexibility index (Phi) is 4.86. The minimum absolute atomic E-state index is 0.00841. The number of halogens is 1. The summed E-state index contributed by atoms with van der Waals surface area (Å²) in [6.45, 7) is 4.10. The molecule has 1 N–H and O–H groups in total. The number of rotatable bonds is 3. The topological polar surface area (TPSA) is 56.1 Å². The van der Waals surface area contributed by atoms with Gasteiger partial charge in [0.1, 0.15) is 6.07 Å². The van der Waals surface area contributed by atoms with E-state index in [1.165, 1.54) is 0 Å². The second kappa shape index (κ2) is 6.62. The molecule has 0 spiro atoms. The van der Waals surface area contributed by atoms with Crippen LogP contribution in [-0.2, 0) is 4.79 Å². The van der Waals surface area contributed by atoms with E-state index in [0.717, 1.165) is 25.1 Å². The average molecular weight is 292 g/mol. The smallest absolute Gasteiger partial charge is 0.224 e. The summed E-state index contributed by atoms with van der Waals surface area (Å²) in [6, 6.07) is 7.50. The minimum Gasteiger partial charge on any atom is -0.370 e. The number of piperidine rings is 1. The molecular weight excluding hydrogens is 274 g/mol. The first kappa shape index (κ1) is 14.7. The lowest BCUT2D eigenvalue weighted by atomic mass is 9.96. The molecule has 0 bridgehead atoms. The third kappa shape index (κ3) is 3.23. The molecule has 0 unspecified atom stereocenters. The molecule has 0 aromatic heterocycles. The van der Waals surface area contributed by atoms with Gasteiger partial charge in [0.25, 0.3) is 0 Å². The molecular formula is C15H18ClN3O. The van der Waals surface area contributed by atoms with Crippen molar-refractivity contribution in [2.75, 3.05) is 24.5 Å². The Morgan fingerprint density at radius 2 is 2.40 bits per heavy atom. The van der Waals surface area contributed by atoms with Gasteiger partial charge in [-0.15, -0.1) is 0 Å². The van der Waals surface area contributed by atoms with Gasteiger partial charge in [0.15, 0.2) is 0 Å². The van der Waals surface area contributed by atoms with E-state index in [2.05, 4.69) is 16.3 Å². The number of nitrogens with zero attached hydrogens (tertiary/aromatic N) is 2. The molecule has 0 radical (unpaired) electrons. The lowest BCUT2D eigenvalue weighted by Gasteiger charge is -2.34. The predicted molar refractivity (Wildman–Crippen MR) is 79.8 cm³/mol. The lowest BCUT2D eigenvalue weighted by Crippen LogP contribution is -2.43. The molecule has 1 fully saturated rings. The molecule has 0 aliphatic carbocycles. The van der Waals surface area contributed by atoms with Crippen molar-refractivity contribution >= 4 is 23.2 Å². The highest BCUT2D eigenvalue weighted by atomic mass is 35.5. The largest absolute Gasteiger partial charge is 0.370 e. The number of anilines is 1. The van der Waals surface area contributed by atoms with Crippen LogP contribution >= 0.6 is 11.6 Å². The second-order valence-electron chi connectivity index (χ2n) is 4.95. The third-order valence-electron chi connectivity index (χ3n) is 3.56. The number of amides is 1. The number of nitrogens with one attached hydrogen (secondary N) is 1. The van der Waals surface area contributed by atoms with E-state index in [0.29, 0.717) is 23.7 Å². The van der Waals surface area contributed by atoms with Gasteiger partial charge in [-0.1, -0.05) is 11.6 Å². The standard InChI is InChI=1S/C15H18ClN3O/c1-2-18-15(20)11-4-3-7-19(10-11)14-6-5-13(16)8-12(14)9-17/h5-6,8,11H,2-4,7,10H2,1H3,(H,18,20)/t11-/m1/s1. The van der Waals surface area contributed by atoms with Gasteiger partial charge in [-0.2, -0.15) is 5.26 Å². The second-order valence-corrected chi connectivity index (χ2v) is 5.39. The van der Waals surface area contributed by atoms with E-state index in [1.807, 2.05) is 13.0 Å². The fourth-order valence-corrected chi connectivity index (χ4v) is 2.77. The first-order valence-corrected chi connectivity index (χ1v) is 7.25. The zero-order valence-corrected chi connectivity index (χ0v) is 12.3. The van der Waals surface area contributed by atoms with Crippen molar-refractivity contribution in [2.45, 2.75) is 19.8 Å². The maximum absolute atomic E-state index is 12.0. The van der Waals surface area contributed by atoms with Crippen LogP contribution in [0.1, 0.15) is 25.3 Å². The van der Waals surface area contributed by atoms with E-state index in [4.69, 9.17) is 11.6 Å². The molecule has 1 aromatic rings. The van der Waals surface area contributed by atoms with Gasteiger partial charge in [0.2, 0.25) is 5.91 Å². The summed E-state index contributed by atoms with van der Waals surface area (Å²) in [5, 5.41) is 12.6. The number of carbonyl (C=O) groups is 1. The van der Waals surface area contributed by atoms with Crippen molar-refractivity contribution in [3.8, 4) is 6.07 Å². The van der Waals surface area contributed by atoms with Gasteiger partial charge in [-0.05, 0) is 38.0 Å². The molecule has 1 aliphatic rings.